The van der Waals surface area contributed by atoms with E-state index >= 15 is 0 Å². The molecule has 0 unspecified atom stereocenters. The molecule has 0 saturated heterocycles. The summed E-state index contributed by atoms with van der Waals surface area (Å²) in [6.45, 7) is 5.01. The highest BCUT2D eigenvalue weighted by atomic mass is 16.5. The molecule has 0 radical (unpaired) electrons. The lowest BCUT2D eigenvalue weighted by Crippen LogP contribution is -2.19. The van der Waals surface area contributed by atoms with E-state index in [1.165, 1.54) is 69.8 Å². The summed E-state index contributed by atoms with van der Waals surface area (Å²) in [5.74, 6) is 0.145. The average molecular weight is 389 g/mol. The minimum absolute atomic E-state index is 0.0399. The van der Waals surface area contributed by atoms with Gasteiger partial charge in [-0.2, -0.15) is 0 Å². The van der Waals surface area contributed by atoms with Gasteiger partial charge in [0.1, 0.15) is 0 Å². The Hall–Kier alpha value is -1.31. The number of unbranched alkanes of at least 4 members (excludes halogenated alkanes) is 10. The van der Waals surface area contributed by atoms with Crippen molar-refractivity contribution in [1.29, 1.82) is 0 Å². The number of rotatable bonds is 18. The molecule has 0 amide bonds. The first-order chi connectivity index (χ1) is 13.8. The van der Waals surface area contributed by atoms with Crippen molar-refractivity contribution in [2.24, 2.45) is 5.92 Å². The zero-order valence-corrected chi connectivity index (χ0v) is 18.6. The Morgan fingerprint density at radius 1 is 0.750 bits per heavy atom. The van der Waals surface area contributed by atoms with Crippen molar-refractivity contribution >= 4 is 5.97 Å². The minimum Gasteiger partial charge on any atom is -0.465 e. The van der Waals surface area contributed by atoms with Gasteiger partial charge in [-0.1, -0.05) is 121 Å². The lowest BCUT2D eigenvalue weighted by atomic mass is 9.94. The van der Waals surface area contributed by atoms with Gasteiger partial charge in [-0.15, -0.1) is 0 Å². The van der Waals surface area contributed by atoms with Crippen molar-refractivity contribution in [3.05, 3.63) is 35.9 Å². The van der Waals surface area contributed by atoms with Crippen molar-refractivity contribution in [2.75, 3.05) is 6.61 Å². The van der Waals surface area contributed by atoms with Gasteiger partial charge in [-0.05, 0) is 18.4 Å². The summed E-state index contributed by atoms with van der Waals surface area (Å²) in [5.41, 5.74) is 1.23. The molecule has 0 heterocycles. The van der Waals surface area contributed by atoms with Gasteiger partial charge in [-0.25, -0.2) is 0 Å². The summed E-state index contributed by atoms with van der Waals surface area (Å²) in [6.07, 6.45) is 18.2. The van der Waals surface area contributed by atoms with Crippen LogP contribution in [0.15, 0.2) is 30.3 Å². The smallest absolute Gasteiger partial charge is 0.308 e. The predicted molar refractivity (Wildman–Crippen MR) is 121 cm³/mol. The van der Waals surface area contributed by atoms with Crippen molar-refractivity contribution in [1.82, 2.24) is 0 Å². The van der Waals surface area contributed by atoms with Crippen LogP contribution in [0, 0.1) is 5.92 Å². The monoisotopic (exact) mass is 388 g/mol. The van der Waals surface area contributed by atoms with Gasteiger partial charge >= 0.3 is 5.97 Å². The number of carbonyl (C=O) groups is 1. The Labute approximate surface area is 174 Å². The van der Waals surface area contributed by atoms with E-state index in [0.717, 1.165) is 32.1 Å². The number of benzene rings is 1. The fourth-order valence-corrected chi connectivity index (χ4v) is 3.75. The first-order valence-corrected chi connectivity index (χ1v) is 12.0. The Kier molecular flexibility index (Phi) is 15.7. The van der Waals surface area contributed by atoms with Crippen LogP contribution in [0.3, 0.4) is 0 Å². The Morgan fingerprint density at radius 2 is 1.25 bits per heavy atom. The lowest BCUT2D eigenvalue weighted by molar-refractivity contribution is -0.149. The van der Waals surface area contributed by atoms with Gasteiger partial charge in [-0.3, -0.25) is 4.79 Å². The molecule has 2 nitrogen and oxygen atoms in total. The number of hydrogen-bond acceptors (Lipinski definition) is 2. The fourth-order valence-electron chi connectivity index (χ4n) is 3.75. The molecule has 0 N–H and O–H groups in total. The van der Waals surface area contributed by atoms with Crippen LogP contribution in [0.2, 0.25) is 0 Å². The lowest BCUT2D eigenvalue weighted by Gasteiger charge is -2.16. The number of ether oxygens (including phenoxy) is 1. The molecule has 0 spiro atoms. The van der Waals surface area contributed by atoms with Crippen LogP contribution >= 0.6 is 0 Å². The molecule has 0 bridgehead atoms. The summed E-state index contributed by atoms with van der Waals surface area (Å²) in [5, 5.41) is 0. The van der Waals surface area contributed by atoms with E-state index < -0.39 is 0 Å². The van der Waals surface area contributed by atoms with Gasteiger partial charge in [0.15, 0.2) is 0 Å². The third-order valence-electron chi connectivity index (χ3n) is 5.62. The molecule has 1 aromatic carbocycles. The van der Waals surface area contributed by atoms with Crippen molar-refractivity contribution in [3.63, 3.8) is 0 Å². The van der Waals surface area contributed by atoms with E-state index in [9.17, 15) is 4.79 Å². The van der Waals surface area contributed by atoms with Crippen molar-refractivity contribution in [3.8, 4) is 0 Å². The molecule has 2 heteroatoms. The van der Waals surface area contributed by atoms with Crippen LogP contribution in [0.1, 0.15) is 109 Å². The molecule has 0 aliphatic carbocycles. The maximum absolute atomic E-state index is 12.6. The third-order valence-corrected chi connectivity index (χ3v) is 5.62. The number of hydrogen-bond donors (Lipinski definition) is 0. The molecule has 1 rings (SSSR count). The molecule has 0 aliphatic heterocycles. The zero-order valence-electron chi connectivity index (χ0n) is 18.6. The highest BCUT2D eigenvalue weighted by Gasteiger charge is 2.19. The summed E-state index contributed by atoms with van der Waals surface area (Å²) < 4.78 is 5.66. The van der Waals surface area contributed by atoms with Crippen LogP contribution < -0.4 is 0 Å². The summed E-state index contributed by atoms with van der Waals surface area (Å²) >= 11 is 0. The molecule has 0 aromatic heterocycles. The van der Waals surface area contributed by atoms with E-state index in [1.54, 1.807) is 0 Å². The Morgan fingerprint density at radius 3 is 1.79 bits per heavy atom. The maximum Gasteiger partial charge on any atom is 0.308 e. The first-order valence-electron chi connectivity index (χ1n) is 12.0. The van der Waals surface area contributed by atoms with Gasteiger partial charge in [0.05, 0.1) is 12.5 Å². The van der Waals surface area contributed by atoms with E-state index in [2.05, 4.69) is 26.0 Å². The van der Waals surface area contributed by atoms with Crippen molar-refractivity contribution < 1.29 is 9.53 Å². The standard InChI is InChI=1S/C26H44O2/c1-3-5-7-9-11-16-20-25(21-17-12-10-8-6-4-2)26(27)28-23-22-24-18-14-13-15-19-24/h13-15,18-19,25H,3-12,16-17,20-23H2,1-2H3. The second-order valence-corrected chi connectivity index (χ2v) is 8.21. The molecule has 0 aliphatic rings. The number of carbonyl (C=O) groups excluding carboxylic acids is 1. The molecular formula is C26H44O2. The molecule has 0 fully saturated rings. The fraction of sp³-hybridized carbons (Fsp3) is 0.731. The van der Waals surface area contributed by atoms with Crippen LogP contribution in [0.5, 0.6) is 0 Å². The zero-order chi connectivity index (χ0) is 20.3. The number of esters is 1. The van der Waals surface area contributed by atoms with Gasteiger partial charge in [0.25, 0.3) is 0 Å². The quantitative estimate of drug-likeness (QED) is 0.189. The van der Waals surface area contributed by atoms with Crippen molar-refractivity contribution in [2.45, 2.75) is 110 Å². The predicted octanol–water partition coefficient (Wildman–Crippen LogP) is 7.89. The second kappa shape index (κ2) is 17.8. The highest BCUT2D eigenvalue weighted by Crippen LogP contribution is 2.21. The second-order valence-electron chi connectivity index (χ2n) is 8.21. The van der Waals surface area contributed by atoms with Crippen LogP contribution in [-0.2, 0) is 16.0 Å². The summed E-state index contributed by atoms with van der Waals surface area (Å²) in [4.78, 5) is 12.6. The molecule has 160 valence electrons. The molecular weight excluding hydrogens is 344 g/mol. The van der Waals surface area contributed by atoms with Gasteiger partial charge < -0.3 is 4.74 Å². The minimum atomic E-state index is 0.0399. The molecule has 0 atom stereocenters. The topological polar surface area (TPSA) is 26.3 Å². The summed E-state index contributed by atoms with van der Waals surface area (Å²) in [7, 11) is 0. The Balaban J connectivity index is 2.31. The largest absolute Gasteiger partial charge is 0.465 e. The SMILES string of the molecule is CCCCCCCCC(CCCCCCCC)C(=O)OCCc1ccccc1. The molecule has 28 heavy (non-hydrogen) atoms. The normalized spacial score (nSPS) is 11.1. The van der Waals surface area contributed by atoms with Crippen LogP contribution in [-0.4, -0.2) is 12.6 Å². The van der Waals surface area contributed by atoms with E-state index in [-0.39, 0.29) is 11.9 Å². The van der Waals surface area contributed by atoms with Crippen LogP contribution in [0.25, 0.3) is 0 Å². The molecule has 0 saturated carbocycles. The third kappa shape index (κ3) is 13.0. The Bertz CT molecular complexity index is 453. The first kappa shape index (κ1) is 24.7. The van der Waals surface area contributed by atoms with Gasteiger partial charge in [0, 0.05) is 6.42 Å². The summed E-state index contributed by atoms with van der Waals surface area (Å²) in [6, 6.07) is 10.3. The van der Waals surface area contributed by atoms with E-state index in [4.69, 9.17) is 4.74 Å². The molecule has 1 aromatic rings. The van der Waals surface area contributed by atoms with E-state index in [0.29, 0.717) is 6.61 Å². The average Bonchev–Trinajstić information content (AvgIpc) is 2.72. The highest BCUT2D eigenvalue weighted by molar-refractivity contribution is 5.72. The maximum atomic E-state index is 12.6. The van der Waals surface area contributed by atoms with Crippen LogP contribution in [0.4, 0.5) is 0 Å². The van der Waals surface area contributed by atoms with E-state index in [1.807, 2.05) is 18.2 Å². The van der Waals surface area contributed by atoms with Gasteiger partial charge in [0.2, 0.25) is 0 Å².